The molecule has 0 aliphatic heterocycles. The lowest BCUT2D eigenvalue weighted by Gasteiger charge is -1.96. The van der Waals surface area contributed by atoms with Crippen LogP contribution in [0.3, 0.4) is 0 Å². The van der Waals surface area contributed by atoms with Crippen molar-refractivity contribution >= 4 is 17.4 Å². The maximum absolute atomic E-state index is 10.4. The number of benzene rings is 1. The Morgan fingerprint density at radius 1 is 1.56 bits per heavy atom. The molecule has 90 valence electrons. The van der Waals surface area contributed by atoms with Crippen LogP contribution in [0.1, 0.15) is 6.92 Å². The van der Waals surface area contributed by atoms with Crippen molar-refractivity contribution < 1.29 is 10.0 Å². The number of nitrogens with zero attached hydrogens (tertiary/aromatic N) is 1. The summed E-state index contributed by atoms with van der Waals surface area (Å²) >= 11 is 1.60. The smallest absolute Gasteiger partial charge is 0.270 e. The summed E-state index contributed by atoms with van der Waals surface area (Å²) in [7, 11) is 0. The summed E-state index contributed by atoms with van der Waals surface area (Å²) in [5.41, 5.74) is 4.94. The Kier molecular flexibility index (Phi) is 8.51. The van der Waals surface area contributed by atoms with Crippen LogP contribution in [-0.4, -0.2) is 28.9 Å². The molecule has 1 rings (SSSR count). The second kappa shape index (κ2) is 9.14. The first-order valence-electron chi connectivity index (χ1n) is 4.83. The van der Waals surface area contributed by atoms with E-state index >= 15 is 0 Å². The van der Waals surface area contributed by atoms with Gasteiger partial charge >= 0.3 is 0 Å². The molecule has 0 fully saturated rings. The number of aliphatic hydroxyl groups is 1. The molecule has 0 spiro atoms. The first kappa shape index (κ1) is 14.9. The van der Waals surface area contributed by atoms with Crippen molar-refractivity contribution in [1.29, 1.82) is 0 Å². The Morgan fingerprint density at radius 2 is 2.19 bits per heavy atom. The van der Waals surface area contributed by atoms with Crippen LogP contribution < -0.4 is 5.73 Å². The molecule has 0 heterocycles. The average molecular weight is 244 g/mol. The molecule has 0 saturated heterocycles. The topological polar surface area (TPSA) is 89.4 Å². The predicted octanol–water partition coefficient (Wildman–Crippen LogP) is 1.64. The fraction of sp³-hybridized carbons (Fsp3) is 0.400. The van der Waals surface area contributed by atoms with Gasteiger partial charge in [-0.3, -0.25) is 10.1 Å². The molecule has 0 aromatic heterocycles. The second-order valence-electron chi connectivity index (χ2n) is 2.70. The van der Waals surface area contributed by atoms with Crippen molar-refractivity contribution in [3.8, 4) is 0 Å². The summed E-state index contributed by atoms with van der Waals surface area (Å²) in [6.45, 7) is 2.49. The number of nitro groups is 1. The lowest BCUT2D eigenvalue weighted by atomic mass is 10.3. The fourth-order valence-corrected chi connectivity index (χ4v) is 1.57. The van der Waals surface area contributed by atoms with E-state index in [9.17, 15) is 10.1 Å². The highest BCUT2D eigenvalue weighted by Gasteiger charge is 2.04. The van der Waals surface area contributed by atoms with Gasteiger partial charge in [-0.2, -0.15) is 0 Å². The van der Waals surface area contributed by atoms with E-state index in [0.29, 0.717) is 6.54 Å². The van der Waals surface area contributed by atoms with E-state index in [1.165, 1.54) is 6.07 Å². The maximum Gasteiger partial charge on any atom is 0.270 e. The van der Waals surface area contributed by atoms with Crippen molar-refractivity contribution in [2.24, 2.45) is 5.73 Å². The first-order valence-corrected chi connectivity index (χ1v) is 5.82. The van der Waals surface area contributed by atoms with E-state index in [2.05, 4.69) is 0 Å². The Morgan fingerprint density at radius 3 is 2.62 bits per heavy atom. The normalized spacial score (nSPS) is 9.19. The standard InChI is InChI=1S/C8H9NO2S.C2H7NO/c1-2-12-8-5-3-4-7(6-8)9(10)11;3-1-2-4/h3-6H,2H2,1H3;4H,1-3H2. The zero-order chi connectivity index (χ0) is 12.4. The Balaban J connectivity index is 0.000000487. The third-order valence-corrected chi connectivity index (χ3v) is 2.34. The highest BCUT2D eigenvalue weighted by Crippen LogP contribution is 2.21. The third kappa shape index (κ3) is 6.39. The molecular weight excluding hydrogens is 228 g/mol. The van der Waals surface area contributed by atoms with E-state index in [1.807, 2.05) is 13.0 Å². The quantitative estimate of drug-likeness (QED) is 0.477. The van der Waals surface area contributed by atoms with Gasteiger partial charge in [-0.15, -0.1) is 11.8 Å². The van der Waals surface area contributed by atoms with Crippen LogP contribution in [0.5, 0.6) is 0 Å². The van der Waals surface area contributed by atoms with Crippen molar-refractivity contribution in [3.05, 3.63) is 34.4 Å². The Hall–Kier alpha value is -1.11. The first-order chi connectivity index (χ1) is 7.65. The molecule has 0 unspecified atom stereocenters. The zero-order valence-electron chi connectivity index (χ0n) is 9.13. The Bertz CT molecular complexity index is 319. The van der Waals surface area contributed by atoms with Gasteiger partial charge in [0.05, 0.1) is 11.5 Å². The van der Waals surface area contributed by atoms with E-state index in [1.54, 1.807) is 23.9 Å². The van der Waals surface area contributed by atoms with Crippen LogP contribution >= 0.6 is 11.8 Å². The van der Waals surface area contributed by atoms with Crippen molar-refractivity contribution in [1.82, 2.24) is 0 Å². The lowest BCUT2D eigenvalue weighted by Crippen LogP contribution is -2.02. The second-order valence-corrected chi connectivity index (χ2v) is 4.04. The molecule has 6 heteroatoms. The minimum atomic E-state index is -0.375. The van der Waals surface area contributed by atoms with Crippen LogP contribution in [-0.2, 0) is 0 Å². The number of non-ortho nitro benzene ring substituents is 1. The minimum absolute atomic E-state index is 0.0972. The summed E-state index contributed by atoms with van der Waals surface area (Å²) in [6.07, 6.45) is 0. The highest BCUT2D eigenvalue weighted by molar-refractivity contribution is 7.99. The van der Waals surface area contributed by atoms with Crippen LogP contribution in [0, 0.1) is 10.1 Å². The van der Waals surface area contributed by atoms with E-state index in [-0.39, 0.29) is 17.2 Å². The number of hydrogen-bond donors (Lipinski definition) is 2. The number of rotatable bonds is 4. The molecule has 3 N–H and O–H groups in total. The molecular formula is C10H16N2O3S. The molecule has 0 aliphatic rings. The summed E-state index contributed by atoms with van der Waals surface area (Å²) < 4.78 is 0. The molecule has 0 aliphatic carbocycles. The van der Waals surface area contributed by atoms with Crippen LogP contribution in [0.25, 0.3) is 0 Å². The van der Waals surface area contributed by atoms with Crippen molar-refractivity contribution in [2.75, 3.05) is 18.9 Å². The van der Waals surface area contributed by atoms with Crippen molar-refractivity contribution in [3.63, 3.8) is 0 Å². The number of nitro benzene ring substituents is 1. The van der Waals surface area contributed by atoms with E-state index in [0.717, 1.165) is 10.6 Å². The molecule has 0 atom stereocenters. The lowest BCUT2D eigenvalue weighted by molar-refractivity contribution is -0.385. The molecule has 1 aromatic rings. The molecule has 0 bridgehead atoms. The number of nitrogens with two attached hydrogens (primary N) is 1. The van der Waals surface area contributed by atoms with Crippen LogP contribution in [0.15, 0.2) is 29.2 Å². The largest absolute Gasteiger partial charge is 0.395 e. The van der Waals surface area contributed by atoms with E-state index < -0.39 is 0 Å². The van der Waals surface area contributed by atoms with Gasteiger partial charge in [-0.05, 0) is 11.8 Å². The van der Waals surface area contributed by atoms with Gasteiger partial charge in [0.1, 0.15) is 0 Å². The number of thioether (sulfide) groups is 1. The Labute approximate surface area is 98.8 Å². The summed E-state index contributed by atoms with van der Waals surface area (Å²) in [5.74, 6) is 0.932. The third-order valence-electron chi connectivity index (χ3n) is 1.47. The average Bonchev–Trinajstić information content (AvgIpc) is 2.30. The molecule has 0 radical (unpaired) electrons. The van der Waals surface area contributed by atoms with Crippen molar-refractivity contribution in [2.45, 2.75) is 11.8 Å². The van der Waals surface area contributed by atoms with Gasteiger partial charge in [0.2, 0.25) is 0 Å². The van der Waals surface area contributed by atoms with E-state index in [4.69, 9.17) is 10.8 Å². The zero-order valence-corrected chi connectivity index (χ0v) is 9.94. The molecule has 0 saturated carbocycles. The molecule has 16 heavy (non-hydrogen) atoms. The monoisotopic (exact) mass is 244 g/mol. The highest BCUT2D eigenvalue weighted by atomic mass is 32.2. The predicted molar refractivity (Wildman–Crippen MR) is 65.6 cm³/mol. The number of aliphatic hydroxyl groups excluding tert-OH is 1. The molecule has 5 nitrogen and oxygen atoms in total. The van der Waals surface area contributed by atoms with Crippen LogP contribution in [0.4, 0.5) is 5.69 Å². The van der Waals surface area contributed by atoms with Crippen LogP contribution in [0.2, 0.25) is 0 Å². The van der Waals surface area contributed by atoms with Gasteiger partial charge < -0.3 is 10.8 Å². The van der Waals surface area contributed by atoms with Gasteiger partial charge in [0.25, 0.3) is 5.69 Å². The van der Waals surface area contributed by atoms with Gasteiger partial charge in [0, 0.05) is 23.6 Å². The summed E-state index contributed by atoms with van der Waals surface area (Å²) in [5, 5.41) is 18.1. The van der Waals surface area contributed by atoms with Gasteiger partial charge in [-0.1, -0.05) is 13.0 Å². The number of hydrogen-bond acceptors (Lipinski definition) is 5. The summed E-state index contributed by atoms with van der Waals surface area (Å²) in [4.78, 5) is 10.9. The summed E-state index contributed by atoms with van der Waals surface area (Å²) in [6, 6.07) is 6.67. The SMILES string of the molecule is CCSc1cccc([N+](=O)[O-])c1.NCCO. The maximum atomic E-state index is 10.4. The van der Waals surface area contributed by atoms with Gasteiger partial charge in [-0.25, -0.2) is 0 Å². The fourth-order valence-electron chi connectivity index (χ4n) is 0.854. The molecule has 1 aromatic carbocycles. The van der Waals surface area contributed by atoms with Gasteiger partial charge in [0.15, 0.2) is 0 Å². The minimum Gasteiger partial charge on any atom is -0.395 e. The molecule has 0 amide bonds.